The van der Waals surface area contributed by atoms with E-state index in [1.807, 2.05) is 0 Å². The normalized spacial score (nSPS) is 10.9. The first kappa shape index (κ1) is 13.9. The van der Waals surface area contributed by atoms with Gasteiger partial charge in [0.05, 0.1) is 18.4 Å². The highest BCUT2D eigenvalue weighted by molar-refractivity contribution is 6.37. The van der Waals surface area contributed by atoms with Crippen LogP contribution in [0, 0.1) is 5.82 Å². The number of halogens is 4. The maximum absolute atomic E-state index is 13.2. The number of hydrogen-bond donors (Lipinski definition) is 1. The summed E-state index contributed by atoms with van der Waals surface area (Å²) in [7, 11) is 0.936. The van der Waals surface area contributed by atoms with Crippen molar-refractivity contribution < 1.29 is 31.9 Å². The molecule has 0 radical (unpaired) electrons. The van der Waals surface area contributed by atoms with Crippen molar-refractivity contribution in [3.8, 4) is 0 Å². The van der Waals surface area contributed by atoms with Crippen molar-refractivity contribution in [2.24, 2.45) is 0 Å². The van der Waals surface area contributed by atoms with Crippen LogP contribution in [0.1, 0.15) is 5.56 Å². The molecule has 0 aliphatic heterocycles. The van der Waals surface area contributed by atoms with Gasteiger partial charge in [-0.25, -0.2) is 9.18 Å². The fraction of sp³-hybridized carbons (Fsp3) is 0.200. The Labute approximate surface area is 98.5 Å². The van der Waals surface area contributed by atoms with Crippen molar-refractivity contribution in [3.63, 3.8) is 0 Å². The minimum atomic E-state index is -4.69. The Hall–Kier alpha value is -2.12. The van der Waals surface area contributed by atoms with Gasteiger partial charge in [-0.05, 0) is 18.2 Å². The largest absolute Gasteiger partial charge is 0.462 e. The Balaban J connectivity index is 2.94. The molecule has 1 aromatic rings. The van der Waals surface area contributed by atoms with Crippen LogP contribution in [-0.2, 0) is 20.5 Å². The molecule has 0 unspecified atom stereocenters. The van der Waals surface area contributed by atoms with E-state index in [9.17, 15) is 27.2 Å². The second-order valence-corrected chi connectivity index (χ2v) is 3.14. The van der Waals surface area contributed by atoms with Crippen LogP contribution in [0.15, 0.2) is 18.2 Å². The zero-order chi connectivity index (χ0) is 13.9. The SMILES string of the molecule is COC(=O)C(=O)Nc1ccc(C(F)(F)F)cc1F. The molecule has 1 N–H and O–H groups in total. The molecule has 0 aliphatic rings. The second-order valence-electron chi connectivity index (χ2n) is 3.14. The summed E-state index contributed by atoms with van der Waals surface area (Å²) < 4.78 is 53.9. The van der Waals surface area contributed by atoms with E-state index < -0.39 is 35.1 Å². The van der Waals surface area contributed by atoms with E-state index >= 15 is 0 Å². The first-order valence-corrected chi connectivity index (χ1v) is 4.51. The van der Waals surface area contributed by atoms with Gasteiger partial charge in [-0.1, -0.05) is 0 Å². The Morgan fingerprint density at radius 2 is 1.89 bits per heavy atom. The van der Waals surface area contributed by atoms with Crippen LogP contribution in [0.25, 0.3) is 0 Å². The monoisotopic (exact) mass is 265 g/mol. The molecule has 18 heavy (non-hydrogen) atoms. The first-order chi connectivity index (χ1) is 8.25. The van der Waals surface area contributed by atoms with E-state index in [1.54, 1.807) is 5.32 Å². The number of nitrogens with one attached hydrogen (secondary N) is 1. The van der Waals surface area contributed by atoms with Gasteiger partial charge in [0, 0.05) is 0 Å². The van der Waals surface area contributed by atoms with Crippen LogP contribution in [-0.4, -0.2) is 19.0 Å². The summed E-state index contributed by atoms with van der Waals surface area (Å²) in [6.07, 6.45) is -4.69. The number of rotatable bonds is 1. The zero-order valence-electron chi connectivity index (χ0n) is 8.97. The highest BCUT2D eigenvalue weighted by atomic mass is 19.4. The lowest BCUT2D eigenvalue weighted by molar-refractivity contribution is -0.150. The summed E-state index contributed by atoms with van der Waals surface area (Å²) in [6.45, 7) is 0. The molecular weight excluding hydrogens is 258 g/mol. The van der Waals surface area contributed by atoms with Crippen LogP contribution in [0.4, 0.5) is 23.2 Å². The van der Waals surface area contributed by atoms with E-state index in [0.29, 0.717) is 12.1 Å². The van der Waals surface area contributed by atoms with Crippen LogP contribution in [0.2, 0.25) is 0 Å². The number of hydrogen-bond acceptors (Lipinski definition) is 3. The standard InChI is InChI=1S/C10H7F4NO3/c1-18-9(17)8(16)15-7-3-2-5(4-6(7)11)10(12,13)14/h2-4H,1H3,(H,15,16). The predicted molar refractivity (Wildman–Crippen MR) is 52.0 cm³/mol. The molecule has 8 heteroatoms. The summed E-state index contributed by atoms with van der Waals surface area (Å²) in [5.41, 5.74) is -1.74. The molecule has 1 rings (SSSR count). The van der Waals surface area contributed by atoms with E-state index in [2.05, 4.69) is 4.74 Å². The third kappa shape index (κ3) is 3.19. The van der Waals surface area contributed by atoms with Crippen LogP contribution in [0.3, 0.4) is 0 Å². The number of anilines is 1. The molecule has 0 spiro atoms. The molecule has 4 nitrogen and oxygen atoms in total. The molecule has 0 heterocycles. The number of amides is 1. The number of ether oxygens (including phenoxy) is 1. The van der Waals surface area contributed by atoms with E-state index in [4.69, 9.17) is 0 Å². The fourth-order valence-electron chi connectivity index (χ4n) is 1.06. The molecule has 1 amide bonds. The number of carbonyl (C=O) groups is 2. The molecule has 0 saturated carbocycles. The lowest BCUT2D eigenvalue weighted by Gasteiger charge is -2.09. The van der Waals surface area contributed by atoms with Gasteiger partial charge in [0.15, 0.2) is 0 Å². The Kier molecular flexibility index (Phi) is 3.89. The predicted octanol–water partition coefficient (Wildman–Crippen LogP) is 1.96. The lowest BCUT2D eigenvalue weighted by atomic mass is 10.2. The summed E-state index contributed by atoms with van der Waals surface area (Å²) in [6, 6.07) is 1.50. The molecule has 98 valence electrons. The minimum Gasteiger partial charge on any atom is -0.462 e. The van der Waals surface area contributed by atoms with Crippen molar-refractivity contribution in [2.45, 2.75) is 6.18 Å². The topological polar surface area (TPSA) is 55.4 Å². The Morgan fingerprint density at radius 3 is 2.33 bits per heavy atom. The van der Waals surface area contributed by atoms with Crippen molar-refractivity contribution in [3.05, 3.63) is 29.6 Å². The zero-order valence-corrected chi connectivity index (χ0v) is 8.97. The Bertz CT molecular complexity index is 485. The average molecular weight is 265 g/mol. The quantitative estimate of drug-likeness (QED) is 0.479. The Morgan fingerprint density at radius 1 is 1.28 bits per heavy atom. The van der Waals surface area contributed by atoms with Crippen molar-refractivity contribution in [2.75, 3.05) is 12.4 Å². The van der Waals surface area contributed by atoms with Gasteiger partial charge in [0.25, 0.3) is 0 Å². The van der Waals surface area contributed by atoms with Crippen molar-refractivity contribution in [1.82, 2.24) is 0 Å². The van der Waals surface area contributed by atoms with Gasteiger partial charge in [0.2, 0.25) is 0 Å². The molecule has 0 fully saturated rings. The average Bonchev–Trinajstić information content (AvgIpc) is 2.29. The van der Waals surface area contributed by atoms with Crippen LogP contribution < -0.4 is 5.32 Å². The summed E-state index contributed by atoms with van der Waals surface area (Å²) in [4.78, 5) is 21.7. The van der Waals surface area contributed by atoms with Gasteiger partial charge >= 0.3 is 18.1 Å². The van der Waals surface area contributed by atoms with Gasteiger partial charge in [-0.15, -0.1) is 0 Å². The highest BCUT2D eigenvalue weighted by Crippen LogP contribution is 2.31. The van der Waals surface area contributed by atoms with Gasteiger partial charge in [-0.3, -0.25) is 4.79 Å². The molecule has 1 aromatic carbocycles. The third-order valence-corrected chi connectivity index (χ3v) is 1.92. The van der Waals surface area contributed by atoms with Gasteiger partial charge < -0.3 is 10.1 Å². The first-order valence-electron chi connectivity index (χ1n) is 4.51. The maximum atomic E-state index is 13.2. The molecule has 0 atom stereocenters. The maximum Gasteiger partial charge on any atom is 0.416 e. The second kappa shape index (κ2) is 5.03. The smallest absolute Gasteiger partial charge is 0.416 e. The molecule has 0 aliphatic carbocycles. The van der Waals surface area contributed by atoms with Gasteiger partial charge in [-0.2, -0.15) is 13.2 Å². The third-order valence-electron chi connectivity index (χ3n) is 1.92. The molecule has 0 bridgehead atoms. The van der Waals surface area contributed by atoms with Crippen molar-refractivity contribution >= 4 is 17.6 Å². The van der Waals surface area contributed by atoms with E-state index in [0.717, 1.165) is 7.11 Å². The molecule has 0 saturated heterocycles. The van der Waals surface area contributed by atoms with Gasteiger partial charge in [0.1, 0.15) is 5.82 Å². The molecule has 0 aromatic heterocycles. The minimum absolute atomic E-state index is 0.215. The molecular formula is C10H7F4NO3. The number of esters is 1. The lowest BCUT2D eigenvalue weighted by Crippen LogP contribution is -2.24. The number of benzene rings is 1. The van der Waals surface area contributed by atoms with E-state index in [-0.39, 0.29) is 6.07 Å². The van der Waals surface area contributed by atoms with Crippen molar-refractivity contribution in [1.29, 1.82) is 0 Å². The van der Waals surface area contributed by atoms with Crippen LogP contribution in [0.5, 0.6) is 0 Å². The number of alkyl halides is 3. The highest BCUT2D eigenvalue weighted by Gasteiger charge is 2.31. The fourth-order valence-corrected chi connectivity index (χ4v) is 1.06. The number of methoxy groups -OCH3 is 1. The summed E-state index contributed by atoms with van der Waals surface area (Å²) >= 11 is 0. The number of carbonyl (C=O) groups excluding carboxylic acids is 2. The van der Waals surface area contributed by atoms with Crippen LogP contribution >= 0.6 is 0 Å². The summed E-state index contributed by atoms with van der Waals surface area (Å²) in [5.74, 6) is -3.87. The summed E-state index contributed by atoms with van der Waals surface area (Å²) in [5, 5.41) is 1.78. The van der Waals surface area contributed by atoms with E-state index in [1.165, 1.54) is 0 Å².